The second kappa shape index (κ2) is 87.9. The van der Waals surface area contributed by atoms with Crippen molar-refractivity contribution in [1.82, 2.24) is 0 Å². The second-order valence-corrected chi connectivity index (χ2v) is 0.498. The molecule has 0 N–H and O–H groups in total. The van der Waals surface area contributed by atoms with E-state index in [4.69, 9.17) is 4.79 Å². The zero-order chi connectivity index (χ0) is 3.41. The van der Waals surface area contributed by atoms with Gasteiger partial charge in [-0.15, -0.1) is 0 Å². The van der Waals surface area contributed by atoms with Crippen LogP contribution in [-0.2, 0) is 4.79 Å². The van der Waals surface area contributed by atoms with E-state index in [1.54, 1.807) is 13.2 Å². The molecular formula is C3H5Cl6OSb-5. The molecule has 0 amide bonds. The molecule has 0 saturated carbocycles. The van der Waals surface area contributed by atoms with E-state index in [0.717, 1.165) is 0 Å². The molecule has 0 aromatic carbocycles. The van der Waals surface area contributed by atoms with Gasteiger partial charge in [0.15, 0.2) is 0 Å². The maximum atomic E-state index is 9.05. The molecule has 0 bridgehead atoms. The molecule has 11 heavy (non-hydrogen) atoms. The average molecular weight is 392 g/mol. The Bertz CT molecular complexity index is 31.8. The van der Waals surface area contributed by atoms with Crippen LogP contribution in [0.5, 0.6) is 0 Å². The number of hydrogen-bond donors (Lipinski definition) is 0. The molecule has 0 aromatic rings. The molecule has 0 aliphatic carbocycles. The normalized spacial score (nSPS) is 1.91. The Hall–Kier alpha value is 2.14. The van der Waals surface area contributed by atoms with Gasteiger partial charge in [-0.3, -0.25) is 0 Å². The Morgan fingerprint density at radius 2 is 1.00 bits per heavy atom. The van der Waals surface area contributed by atoms with E-state index < -0.39 is 0 Å². The zero-order valence-electron chi connectivity index (χ0n) is 5.33. The predicted molar refractivity (Wildman–Crippen MR) is 21.7 cm³/mol. The van der Waals surface area contributed by atoms with Gasteiger partial charge in [-0.25, -0.2) is 0 Å². The third kappa shape index (κ3) is 127. The minimum absolute atomic E-state index is 0. The predicted octanol–water partition coefficient (Wildman–Crippen LogP) is -17.9. The topological polar surface area (TPSA) is 17.1 Å². The molecule has 75 valence electrons. The number of rotatable bonds is 1. The minimum atomic E-state index is 0. The zero-order valence-corrected chi connectivity index (χ0v) is 12.4. The van der Waals surface area contributed by atoms with Gasteiger partial charge >= 0.3 is 6.29 Å². The van der Waals surface area contributed by atoms with Crippen molar-refractivity contribution < 1.29 is 79.2 Å². The maximum Gasteiger partial charge on any atom is 0.505 e. The van der Waals surface area contributed by atoms with E-state index in [1.807, 2.05) is 0 Å². The second-order valence-electron chi connectivity index (χ2n) is 0.498. The summed E-state index contributed by atoms with van der Waals surface area (Å²) >= 11 is 0. The van der Waals surface area contributed by atoms with E-state index in [9.17, 15) is 0 Å². The fourth-order valence-corrected chi connectivity index (χ4v) is 0. The molecule has 1 nitrogen and oxygen atoms in total. The monoisotopic (exact) mass is 388 g/mol. The van der Waals surface area contributed by atoms with Gasteiger partial charge in [0, 0.05) is 29.2 Å². The summed E-state index contributed by atoms with van der Waals surface area (Å²) in [6.45, 7) is 1.76. The number of hydrogen-bond acceptors (Lipinski definition) is 1. The van der Waals surface area contributed by atoms with E-state index >= 15 is 0 Å². The largest absolute Gasteiger partial charge is 1.00 e. The molecule has 0 aliphatic heterocycles. The first-order valence-electron chi connectivity index (χ1n) is 1.26. The summed E-state index contributed by atoms with van der Waals surface area (Å²) in [6.07, 6.45) is 2.19. The van der Waals surface area contributed by atoms with E-state index in [1.165, 1.54) is 0 Å². The molecule has 0 saturated heterocycles. The van der Waals surface area contributed by atoms with Crippen molar-refractivity contribution in [3.05, 3.63) is 0 Å². The fraction of sp³-hybridized carbons (Fsp3) is 0.667. The van der Waals surface area contributed by atoms with Gasteiger partial charge in [0.05, 0.1) is 0 Å². The van der Waals surface area contributed by atoms with Gasteiger partial charge in [0.2, 0.25) is 6.42 Å². The van der Waals surface area contributed by atoms with Gasteiger partial charge in [0.25, 0.3) is 0 Å². The van der Waals surface area contributed by atoms with Crippen LogP contribution in [0.2, 0.25) is 0 Å². The molecule has 0 spiro atoms. The van der Waals surface area contributed by atoms with Gasteiger partial charge in [-0.05, 0) is 6.92 Å². The van der Waals surface area contributed by atoms with Gasteiger partial charge in [-0.1, -0.05) is 0 Å². The molecular weight excluding hydrogens is 387 g/mol. The standard InChI is InChI=1S/C3H5O.6ClH.Sb/c1-2-3-4;;;;;;;/h2H2,1H3;6*1H;/q+1;;;;;;;/p-6. The van der Waals surface area contributed by atoms with E-state index in [2.05, 4.69) is 0 Å². The molecule has 3 radical (unpaired) electrons. The summed E-state index contributed by atoms with van der Waals surface area (Å²) < 4.78 is 0. The molecule has 0 unspecified atom stereocenters. The van der Waals surface area contributed by atoms with Crippen molar-refractivity contribution in [2.45, 2.75) is 13.3 Å². The Morgan fingerprint density at radius 3 is 1.00 bits per heavy atom. The van der Waals surface area contributed by atoms with Crippen molar-refractivity contribution >= 4 is 30.7 Å². The number of carbonyl (C=O) groups excluding carboxylic acids is 1. The first-order valence-corrected chi connectivity index (χ1v) is 1.26. The summed E-state index contributed by atoms with van der Waals surface area (Å²) in [4.78, 5) is 9.05. The van der Waals surface area contributed by atoms with Crippen LogP contribution >= 0.6 is 0 Å². The van der Waals surface area contributed by atoms with Crippen molar-refractivity contribution in [2.75, 3.05) is 0 Å². The molecule has 0 atom stereocenters. The van der Waals surface area contributed by atoms with Crippen molar-refractivity contribution in [3.63, 3.8) is 0 Å². The minimum Gasteiger partial charge on any atom is -1.00 e. The molecule has 8 heteroatoms. The Balaban J connectivity index is -0.00000000214. The smallest absolute Gasteiger partial charge is 0.505 e. The maximum absolute atomic E-state index is 9.05. The molecule has 0 rings (SSSR count). The Morgan fingerprint density at radius 1 is 0.909 bits per heavy atom. The van der Waals surface area contributed by atoms with E-state index in [-0.39, 0.29) is 98.9 Å². The van der Waals surface area contributed by atoms with Crippen molar-refractivity contribution in [3.8, 4) is 0 Å². The summed E-state index contributed by atoms with van der Waals surface area (Å²) in [5.41, 5.74) is 0. The third-order valence-corrected chi connectivity index (χ3v) is 0.144. The van der Waals surface area contributed by atoms with Crippen LogP contribution in [0.3, 0.4) is 0 Å². The van der Waals surface area contributed by atoms with Crippen LogP contribution in [0, 0.1) is 0 Å². The van der Waals surface area contributed by atoms with Crippen LogP contribution in [0.15, 0.2) is 0 Å². The summed E-state index contributed by atoms with van der Waals surface area (Å²) in [7, 11) is 0. The van der Waals surface area contributed by atoms with Crippen LogP contribution in [-0.4, -0.2) is 30.7 Å². The van der Waals surface area contributed by atoms with E-state index in [0.29, 0.717) is 6.42 Å². The molecule has 0 fully saturated rings. The SMILES string of the molecule is CC[C+]=O.[Cl-].[Cl-].[Cl-].[Cl-].[Cl-].[Cl-].[Sb]. The summed E-state index contributed by atoms with van der Waals surface area (Å²) in [5, 5.41) is 0. The summed E-state index contributed by atoms with van der Waals surface area (Å²) in [6, 6.07) is 0. The first-order chi connectivity index (χ1) is 1.91. The first kappa shape index (κ1) is 73.3. The quantitative estimate of drug-likeness (QED) is 0.321. The van der Waals surface area contributed by atoms with Gasteiger partial charge in [-0.2, -0.15) is 0 Å². The van der Waals surface area contributed by atoms with Crippen molar-refractivity contribution in [1.29, 1.82) is 0 Å². The number of halogens is 6. The van der Waals surface area contributed by atoms with Gasteiger partial charge < -0.3 is 74.4 Å². The van der Waals surface area contributed by atoms with Crippen LogP contribution in [0.25, 0.3) is 0 Å². The van der Waals surface area contributed by atoms with Crippen molar-refractivity contribution in [2.24, 2.45) is 0 Å². The van der Waals surface area contributed by atoms with Gasteiger partial charge in [0.1, 0.15) is 0 Å². The van der Waals surface area contributed by atoms with Crippen LogP contribution in [0.1, 0.15) is 13.3 Å². The fourth-order valence-electron chi connectivity index (χ4n) is 0. The van der Waals surface area contributed by atoms with Crippen LogP contribution in [0.4, 0.5) is 0 Å². The molecule has 0 aromatic heterocycles. The third-order valence-electron chi connectivity index (χ3n) is 0.144. The Kier molecular flexibility index (Phi) is 586. The summed E-state index contributed by atoms with van der Waals surface area (Å²) in [5.74, 6) is 0. The van der Waals surface area contributed by atoms with Crippen LogP contribution < -0.4 is 74.4 Å². The Labute approximate surface area is 122 Å². The molecule has 0 aliphatic rings. The molecule has 0 heterocycles. The average Bonchev–Trinajstić information content (AvgIpc) is 1.37.